The Balaban J connectivity index is 0.00000280. The predicted molar refractivity (Wildman–Crippen MR) is 124 cm³/mol. The molecule has 3 rings (SSSR count). The van der Waals surface area contributed by atoms with E-state index in [0.29, 0.717) is 13.1 Å². The molecule has 1 heterocycles. The van der Waals surface area contributed by atoms with Gasteiger partial charge in [-0.15, -0.1) is 24.0 Å². The fourth-order valence-corrected chi connectivity index (χ4v) is 2.72. The third-order valence-electron chi connectivity index (χ3n) is 4.08. The van der Waals surface area contributed by atoms with Gasteiger partial charge in [0.25, 0.3) is 0 Å². The van der Waals surface area contributed by atoms with E-state index in [9.17, 15) is 0 Å². The standard InChI is InChI=1S/C21H25N5O.HI/c1-3-22-21(24-13-17-11-7-8-12-19(17)27-2)25-15-20-23-14-18(26-20)16-9-5-4-6-10-16;/h4-12,14H,3,13,15H2,1-2H3,(H,23,26)(H2,22,24,25);1H. The van der Waals surface area contributed by atoms with E-state index >= 15 is 0 Å². The molecule has 0 bridgehead atoms. The van der Waals surface area contributed by atoms with Crippen LogP contribution in [-0.4, -0.2) is 29.6 Å². The molecule has 0 aliphatic rings. The largest absolute Gasteiger partial charge is 0.496 e. The van der Waals surface area contributed by atoms with Crippen LogP contribution in [0.4, 0.5) is 0 Å². The number of aliphatic imine (C=N–C) groups is 1. The molecule has 0 aliphatic heterocycles. The van der Waals surface area contributed by atoms with Gasteiger partial charge in [0.2, 0.25) is 0 Å². The van der Waals surface area contributed by atoms with Crippen molar-refractivity contribution in [3.8, 4) is 17.0 Å². The number of para-hydroxylation sites is 1. The summed E-state index contributed by atoms with van der Waals surface area (Å²) in [5.41, 5.74) is 3.16. The molecule has 0 saturated carbocycles. The van der Waals surface area contributed by atoms with Crippen molar-refractivity contribution >= 4 is 29.9 Å². The van der Waals surface area contributed by atoms with Gasteiger partial charge in [-0.1, -0.05) is 48.5 Å². The second-order valence-corrected chi connectivity index (χ2v) is 5.97. The van der Waals surface area contributed by atoms with Gasteiger partial charge >= 0.3 is 0 Å². The van der Waals surface area contributed by atoms with Crippen molar-refractivity contribution in [2.24, 2.45) is 4.99 Å². The number of nitrogens with one attached hydrogen (secondary N) is 3. The number of aromatic amines is 1. The van der Waals surface area contributed by atoms with Gasteiger partial charge in [-0.2, -0.15) is 0 Å². The number of benzene rings is 2. The highest BCUT2D eigenvalue weighted by molar-refractivity contribution is 14.0. The average Bonchev–Trinajstić information content (AvgIpc) is 3.20. The number of guanidine groups is 1. The summed E-state index contributed by atoms with van der Waals surface area (Å²) in [6.07, 6.45) is 1.85. The Morgan fingerprint density at radius 1 is 1.07 bits per heavy atom. The first-order chi connectivity index (χ1) is 13.3. The zero-order valence-corrected chi connectivity index (χ0v) is 18.4. The molecule has 3 aromatic rings. The van der Waals surface area contributed by atoms with Crippen molar-refractivity contribution in [2.45, 2.75) is 20.0 Å². The van der Waals surface area contributed by atoms with Crippen LogP contribution < -0.4 is 15.4 Å². The van der Waals surface area contributed by atoms with Crippen molar-refractivity contribution < 1.29 is 4.74 Å². The molecule has 0 atom stereocenters. The monoisotopic (exact) mass is 491 g/mol. The second-order valence-electron chi connectivity index (χ2n) is 5.97. The molecule has 0 aliphatic carbocycles. The molecule has 0 spiro atoms. The van der Waals surface area contributed by atoms with Gasteiger partial charge in [-0.25, -0.2) is 9.98 Å². The van der Waals surface area contributed by atoms with Crippen LogP contribution in [0.3, 0.4) is 0 Å². The topological polar surface area (TPSA) is 74.3 Å². The van der Waals surface area contributed by atoms with Crippen molar-refractivity contribution in [3.63, 3.8) is 0 Å². The number of imidazole rings is 1. The molecule has 28 heavy (non-hydrogen) atoms. The van der Waals surface area contributed by atoms with E-state index in [1.54, 1.807) is 7.11 Å². The number of H-pyrrole nitrogens is 1. The van der Waals surface area contributed by atoms with E-state index in [1.807, 2.05) is 55.6 Å². The van der Waals surface area contributed by atoms with Gasteiger partial charge in [0.1, 0.15) is 11.6 Å². The molecule has 148 valence electrons. The molecule has 3 N–H and O–H groups in total. The lowest BCUT2D eigenvalue weighted by Gasteiger charge is -2.11. The van der Waals surface area contributed by atoms with Crippen molar-refractivity contribution in [1.82, 2.24) is 20.6 Å². The molecule has 0 fully saturated rings. The fraction of sp³-hybridized carbons (Fsp3) is 0.238. The Labute approximate surface area is 182 Å². The van der Waals surface area contributed by atoms with Crippen LogP contribution in [0.2, 0.25) is 0 Å². The molecule has 0 saturated heterocycles. The molecule has 7 heteroatoms. The lowest BCUT2D eigenvalue weighted by molar-refractivity contribution is 0.410. The summed E-state index contributed by atoms with van der Waals surface area (Å²) < 4.78 is 5.39. The SMILES string of the molecule is CCNC(=NCc1ccccc1OC)NCc1ncc(-c2ccccc2)[nH]1.I. The van der Waals surface area contributed by atoms with Crippen LogP contribution in [-0.2, 0) is 13.1 Å². The first-order valence-corrected chi connectivity index (χ1v) is 9.03. The number of methoxy groups -OCH3 is 1. The number of ether oxygens (including phenoxy) is 1. The van der Waals surface area contributed by atoms with Gasteiger partial charge < -0.3 is 20.4 Å². The summed E-state index contributed by atoms with van der Waals surface area (Å²) in [5.74, 6) is 2.44. The van der Waals surface area contributed by atoms with Crippen LogP contribution in [0.25, 0.3) is 11.3 Å². The average molecular weight is 491 g/mol. The van der Waals surface area contributed by atoms with Crippen LogP contribution in [0.5, 0.6) is 5.75 Å². The highest BCUT2D eigenvalue weighted by atomic mass is 127. The summed E-state index contributed by atoms with van der Waals surface area (Å²) in [4.78, 5) is 12.4. The minimum absolute atomic E-state index is 0. The quantitative estimate of drug-likeness (QED) is 0.266. The lowest BCUT2D eigenvalue weighted by Crippen LogP contribution is -2.37. The third kappa shape index (κ3) is 5.98. The summed E-state index contributed by atoms with van der Waals surface area (Å²) in [6, 6.07) is 18.1. The zero-order chi connectivity index (χ0) is 18.9. The molecular formula is C21H26IN5O. The number of halogens is 1. The zero-order valence-electron chi connectivity index (χ0n) is 16.1. The van der Waals surface area contributed by atoms with E-state index in [1.165, 1.54) is 0 Å². The van der Waals surface area contributed by atoms with Crippen molar-refractivity contribution in [2.75, 3.05) is 13.7 Å². The maximum Gasteiger partial charge on any atom is 0.191 e. The predicted octanol–water partition coefficient (Wildman–Crippen LogP) is 3.96. The van der Waals surface area contributed by atoms with Gasteiger partial charge in [0.05, 0.1) is 32.1 Å². The molecule has 0 radical (unpaired) electrons. The summed E-state index contributed by atoms with van der Waals surface area (Å²) in [5, 5.41) is 6.57. The van der Waals surface area contributed by atoms with E-state index in [2.05, 4.69) is 37.7 Å². The van der Waals surface area contributed by atoms with Crippen LogP contribution in [0.1, 0.15) is 18.3 Å². The van der Waals surface area contributed by atoms with Gasteiger partial charge in [-0.3, -0.25) is 0 Å². The highest BCUT2D eigenvalue weighted by Crippen LogP contribution is 2.18. The smallest absolute Gasteiger partial charge is 0.191 e. The highest BCUT2D eigenvalue weighted by Gasteiger charge is 2.05. The molecule has 2 aromatic carbocycles. The van der Waals surface area contributed by atoms with Crippen LogP contribution >= 0.6 is 24.0 Å². The van der Waals surface area contributed by atoms with Crippen molar-refractivity contribution in [3.05, 3.63) is 72.2 Å². The van der Waals surface area contributed by atoms with Gasteiger partial charge in [0.15, 0.2) is 5.96 Å². The maximum atomic E-state index is 5.39. The fourth-order valence-electron chi connectivity index (χ4n) is 2.72. The van der Waals surface area contributed by atoms with Gasteiger partial charge in [-0.05, 0) is 18.6 Å². The van der Waals surface area contributed by atoms with E-state index in [-0.39, 0.29) is 24.0 Å². The Morgan fingerprint density at radius 2 is 1.82 bits per heavy atom. The molecule has 0 amide bonds. The second kappa shape index (κ2) is 11.3. The Bertz CT molecular complexity index is 879. The molecular weight excluding hydrogens is 465 g/mol. The normalized spacial score (nSPS) is 10.9. The number of hydrogen-bond donors (Lipinski definition) is 3. The first-order valence-electron chi connectivity index (χ1n) is 9.03. The summed E-state index contributed by atoms with van der Waals surface area (Å²) in [7, 11) is 1.67. The maximum absolute atomic E-state index is 5.39. The number of nitrogens with zero attached hydrogens (tertiary/aromatic N) is 2. The Morgan fingerprint density at radius 3 is 2.57 bits per heavy atom. The van der Waals surface area contributed by atoms with E-state index in [4.69, 9.17) is 4.74 Å². The van der Waals surface area contributed by atoms with Crippen molar-refractivity contribution in [1.29, 1.82) is 0 Å². The minimum atomic E-state index is 0. The summed E-state index contributed by atoms with van der Waals surface area (Å²) >= 11 is 0. The van der Waals surface area contributed by atoms with Crippen LogP contribution in [0, 0.1) is 0 Å². The number of hydrogen-bond acceptors (Lipinski definition) is 3. The van der Waals surface area contributed by atoms with E-state index in [0.717, 1.165) is 40.9 Å². The van der Waals surface area contributed by atoms with Crippen LogP contribution in [0.15, 0.2) is 65.8 Å². The summed E-state index contributed by atoms with van der Waals surface area (Å²) in [6.45, 7) is 3.92. The molecule has 6 nitrogen and oxygen atoms in total. The van der Waals surface area contributed by atoms with Gasteiger partial charge in [0, 0.05) is 12.1 Å². The first kappa shape index (κ1) is 21.7. The number of aromatic nitrogens is 2. The third-order valence-corrected chi connectivity index (χ3v) is 4.08. The molecule has 0 unspecified atom stereocenters. The Kier molecular flexibility index (Phi) is 8.80. The Hall–Kier alpha value is -2.55. The number of rotatable bonds is 7. The molecule has 1 aromatic heterocycles. The van der Waals surface area contributed by atoms with E-state index < -0.39 is 0 Å². The minimum Gasteiger partial charge on any atom is -0.496 e. The lowest BCUT2D eigenvalue weighted by atomic mass is 10.2.